The molecule has 0 aromatic heterocycles. The van der Waals surface area contributed by atoms with Gasteiger partial charge >= 0.3 is 0 Å². The second-order valence-corrected chi connectivity index (χ2v) is 6.02. The van der Waals surface area contributed by atoms with Crippen LogP contribution in [-0.4, -0.2) is 16.7 Å². The predicted octanol–water partition coefficient (Wildman–Crippen LogP) is 3.60. The van der Waals surface area contributed by atoms with Crippen LogP contribution < -0.4 is 10.6 Å². The van der Waals surface area contributed by atoms with Crippen molar-refractivity contribution in [1.29, 1.82) is 0 Å². The fraction of sp³-hybridized carbons (Fsp3) is 0.158. The maximum atomic E-state index is 12.0. The Labute approximate surface area is 149 Å². The van der Waals surface area contributed by atoms with E-state index in [0.29, 0.717) is 16.9 Å². The second kappa shape index (κ2) is 7.60. The molecular weight excluding hydrogens is 334 g/mol. The number of amides is 2. The first-order valence-corrected chi connectivity index (χ1v) is 8.16. The Hall–Kier alpha value is -3.48. The fourth-order valence-electron chi connectivity index (χ4n) is 2.32. The van der Waals surface area contributed by atoms with Gasteiger partial charge in [0.05, 0.1) is 4.92 Å². The molecule has 2 N–H and O–H groups in total. The third-order valence-corrected chi connectivity index (χ3v) is 3.88. The molecule has 26 heavy (non-hydrogen) atoms. The summed E-state index contributed by atoms with van der Waals surface area (Å²) in [6.07, 6.45) is 4.70. The van der Waals surface area contributed by atoms with Crippen LogP contribution in [0, 0.1) is 16.0 Å². The number of carbonyl (C=O) groups is 2. The number of nitrogens with one attached hydrogen (secondary N) is 2. The third kappa shape index (κ3) is 4.76. The van der Waals surface area contributed by atoms with Crippen LogP contribution in [0.15, 0.2) is 54.6 Å². The molecule has 0 atom stereocenters. The number of rotatable bonds is 6. The SMILES string of the molecule is O=C(/C=C/c1cccc([N+](=O)[O-])c1)Nc1ccc(NC(=O)C2CC2)cc1. The summed E-state index contributed by atoms with van der Waals surface area (Å²) in [5, 5.41) is 16.3. The Morgan fingerprint density at radius 3 is 2.31 bits per heavy atom. The number of carbonyl (C=O) groups excluding carboxylic acids is 2. The Morgan fingerprint density at radius 1 is 1.04 bits per heavy atom. The number of hydrogen-bond acceptors (Lipinski definition) is 4. The summed E-state index contributed by atoms with van der Waals surface area (Å²) < 4.78 is 0. The van der Waals surface area contributed by atoms with Gasteiger partial charge in [0.25, 0.3) is 5.69 Å². The topological polar surface area (TPSA) is 101 Å². The molecule has 0 saturated heterocycles. The third-order valence-electron chi connectivity index (χ3n) is 3.88. The molecule has 2 aromatic rings. The molecule has 1 aliphatic carbocycles. The highest BCUT2D eigenvalue weighted by Crippen LogP contribution is 2.30. The van der Waals surface area contributed by atoms with E-state index in [1.54, 1.807) is 36.4 Å². The monoisotopic (exact) mass is 351 g/mol. The van der Waals surface area contributed by atoms with Crippen LogP contribution in [0.25, 0.3) is 6.08 Å². The summed E-state index contributed by atoms with van der Waals surface area (Å²) in [6, 6.07) is 12.9. The zero-order valence-corrected chi connectivity index (χ0v) is 13.8. The van der Waals surface area contributed by atoms with E-state index in [2.05, 4.69) is 10.6 Å². The Bertz CT molecular complexity index is 871. The maximum absolute atomic E-state index is 12.0. The predicted molar refractivity (Wildman–Crippen MR) is 98.6 cm³/mol. The van der Waals surface area contributed by atoms with Gasteiger partial charge in [0.2, 0.25) is 11.8 Å². The highest BCUT2D eigenvalue weighted by atomic mass is 16.6. The molecule has 0 unspecified atom stereocenters. The summed E-state index contributed by atoms with van der Waals surface area (Å²) >= 11 is 0. The van der Waals surface area contributed by atoms with Crippen LogP contribution in [0.4, 0.5) is 17.1 Å². The van der Waals surface area contributed by atoms with Crippen molar-refractivity contribution in [2.45, 2.75) is 12.8 Å². The first-order chi connectivity index (χ1) is 12.5. The molecule has 0 aliphatic heterocycles. The van der Waals surface area contributed by atoms with Gasteiger partial charge in [0.1, 0.15) is 0 Å². The van der Waals surface area contributed by atoms with Crippen molar-refractivity contribution < 1.29 is 14.5 Å². The Kier molecular flexibility index (Phi) is 5.07. The zero-order chi connectivity index (χ0) is 18.5. The summed E-state index contributed by atoms with van der Waals surface area (Å²) in [6.45, 7) is 0. The van der Waals surface area contributed by atoms with Gasteiger partial charge in [-0.15, -0.1) is 0 Å². The average Bonchev–Trinajstić information content (AvgIpc) is 3.47. The molecule has 1 aliphatic rings. The molecule has 2 aromatic carbocycles. The van der Waals surface area contributed by atoms with Crippen molar-refractivity contribution >= 4 is 35.0 Å². The Balaban J connectivity index is 1.56. The number of anilines is 2. The van der Waals surface area contributed by atoms with Crippen LogP contribution in [0.3, 0.4) is 0 Å². The van der Waals surface area contributed by atoms with Crippen LogP contribution >= 0.6 is 0 Å². The molecule has 2 amide bonds. The molecule has 0 bridgehead atoms. The van der Waals surface area contributed by atoms with Crippen molar-refractivity contribution in [2.75, 3.05) is 10.6 Å². The van der Waals surface area contributed by atoms with Gasteiger partial charge in [0.15, 0.2) is 0 Å². The van der Waals surface area contributed by atoms with Gasteiger partial charge in [-0.05, 0) is 48.7 Å². The minimum Gasteiger partial charge on any atom is -0.326 e. The van der Waals surface area contributed by atoms with Gasteiger partial charge in [-0.2, -0.15) is 0 Å². The number of benzene rings is 2. The second-order valence-electron chi connectivity index (χ2n) is 6.02. The Morgan fingerprint density at radius 2 is 1.69 bits per heavy atom. The summed E-state index contributed by atoms with van der Waals surface area (Å²) in [5.74, 6) is -0.193. The molecule has 7 heteroatoms. The van der Waals surface area contributed by atoms with E-state index >= 15 is 0 Å². The van der Waals surface area contributed by atoms with Crippen LogP contribution in [0.2, 0.25) is 0 Å². The van der Waals surface area contributed by atoms with Gasteiger partial charge < -0.3 is 10.6 Å². The fourth-order valence-corrected chi connectivity index (χ4v) is 2.32. The molecule has 1 saturated carbocycles. The van der Waals surface area contributed by atoms with E-state index in [0.717, 1.165) is 12.8 Å². The van der Waals surface area contributed by atoms with Crippen molar-refractivity contribution in [1.82, 2.24) is 0 Å². The lowest BCUT2D eigenvalue weighted by Crippen LogP contribution is -2.13. The van der Waals surface area contributed by atoms with E-state index in [4.69, 9.17) is 0 Å². The minimum absolute atomic E-state index is 0.0293. The molecular formula is C19H17N3O4. The lowest BCUT2D eigenvalue weighted by Gasteiger charge is -2.06. The van der Waals surface area contributed by atoms with Crippen LogP contribution in [0.1, 0.15) is 18.4 Å². The van der Waals surface area contributed by atoms with Gasteiger partial charge in [0, 0.05) is 35.5 Å². The van der Waals surface area contributed by atoms with Crippen LogP contribution in [0.5, 0.6) is 0 Å². The quantitative estimate of drug-likeness (QED) is 0.472. The van der Waals surface area contributed by atoms with Crippen molar-refractivity contribution in [3.8, 4) is 0 Å². The normalized spacial score (nSPS) is 13.4. The number of nitrogens with zero attached hydrogens (tertiary/aromatic N) is 1. The van der Waals surface area contributed by atoms with Crippen molar-refractivity contribution in [2.24, 2.45) is 5.92 Å². The van der Waals surface area contributed by atoms with E-state index in [-0.39, 0.29) is 23.4 Å². The molecule has 1 fully saturated rings. The first-order valence-electron chi connectivity index (χ1n) is 8.16. The molecule has 0 heterocycles. The number of non-ortho nitro benzene ring substituents is 1. The van der Waals surface area contributed by atoms with Gasteiger partial charge in [-0.1, -0.05) is 12.1 Å². The highest BCUT2D eigenvalue weighted by Gasteiger charge is 2.29. The number of nitro groups is 1. The lowest BCUT2D eigenvalue weighted by molar-refractivity contribution is -0.384. The standard InChI is InChI=1S/C19H17N3O4/c23-18(11-4-13-2-1-3-17(12-13)22(25)26)20-15-7-9-16(10-8-15)21-19(24)14-5-6-14/h1-4,7-12,14H,5-6H2,(H,20,23)(H,21,24)/b11-4+. The van der Waals surface area contributed by atoms with Crippen LogP contribution in [-0.2, 0) is 9.59 Å². The average molecular weight is 351 g/mol. The maximum Gasteiger partial charge on any atom is 0.270 e. The molecule has 0 radical (unpaired) electrons. The zero-order valence-electron chi connectivity index (χ0n) is 13.8. The molecule has 0 spiro atoms. The molecule has 7 nitrogen and oxygen atoms in total. The van der Waals surface area contributed by atoms with Crippen molar-refractivity contribution in [3.05, 3.63) is 70.3 Å². The van der Waals surface area contributed by atoms with Crippen molar-refractivity contribution in [3.63, 3.8) is 0 Å². The van der Waals surface area contributed by atoms with Gasteiger partial charge in [-0.25, -0.2) is 0 Å². The van der Waals surface area contributed by atoms with E-state index in [9.17, 15) is 19.7 Å². The van der Waals surface area contributed by atoms with Gasteiger partial charge in [-0.3, -0.25) is 19.7 Å². The van der Waals surface area contributed by atoms with E-state index < -0.39 is 4.92 Å². The first kappa shape index (κ1) is 17.3. The minimum atomic E-state index is -0.485. The smallest absolute Gasteiger partial charge is 0.270 e. The van der Waals surface area contributed by atoms with E-state index in [1.807, 2.05) is 0 Å². The highest BCUT2D eigenvalue weighted by molar-refractivity contribution is 6.02. The number of nitro benzene ring substituents is 1. The van der Waals surface area contributed by atoms with E-state index in [1.165, 1.54) is 24.3 Å². The lowest BCUT2D eigenvalue weighted by atomic mass is 10.2. The molecule has 3 rings (SSSR count). The largest absolute Gasteiger partial charge is 0.326 e. The summed E-state index contributed by atoms with van der Waals surface area (Å²) in [5.41, 5.74) is 1.80. The summed E-state index contributed by atoms with van der Waals surface area (Å²) in [4.78, 5) is 33.9. The summed E-state index contributed by atoms with van der Waals surface area (Å²) in [7, 11) is 0. The molecule has 132 valence electrons. The number of hydrogen-bond donors (Lipinski definition) is 2.